The largest absolute Gasteiger partial charge is 0.343 e. The van der Waals surface area contributed by atoms with Crippen molar-refractivity contribution in [3.8, 4) is 0 Å². The average Bonchev–Trinajstić information content (AvgIpc) is 2.63. The van der Waals surface area contributed by atoms with E-state index in [9.17, 15) is 14.0 Å². The molecule has 0 radical (unpaired) electrons. The minimum Gasteiger partial charge on any atom is -0.343 e. The van der Waals surface area contributed by atoms with Gasteiger partial charge < -0.3 is 9.80 Å². The Kier molecular flexibility index (Phi) is 6.97. The van der Waals surface area contributed by atoms with Crippen molar-refractivity contribution in [3.63, 3.8) is 0 Å². The molecule has 1 aliphatic heterocycles. The molecule has 1 atom stereocenters. The molecule has 1 aliphatic rings. The molecule has 25 heavy (non-hydrogen) atoms. The highest BCUT2D eigenvalue weighted by Gasteiger charge is 2.29. The molecule has 2 rings (SSSR count). The van der Waals surface area contributed by atoms with E-state index >= 15 is 0 Å². The van der Waals surface area contributed by atoms with Crippen molar-refractivity contribution in [2.24, 2.45) is 5.92 Å². The summed E-state index contributed by atoms with van der Waals surface area (Å²) < 4.78 is 13.0. The summed E-state index contributed by atoms with van der Waals surface area (Å²) in [4.78, 5) is 28.7. The van der Waals surface area contributed by atoms with Crippen molar-refractivity contribution >= 4 is 11.8 Å². The number of hydrogen-bond donors (Lipinski definition) is 0. The first kappa shape index (κ1) is 19.4. The van der Waals surface area contributed by atoms with E-state index in [-0.39, 0.29) is 29.5 Å². The molecule has 0 spiro atoms. The molecular formula is C20H29FN2O2. The fraction of sp³-hybridized carbons (Fsp3) is 0.600. The fourth-order valence-corrected chi connectivity index (χ4v) is 3.47. The average molecular weight is 348 g/mol. The monoisotopic (exact) mass is 348 g/mol. The van der Waals surface area contributed by atoms with Gasteiger partial charge in [0.1, 0.15) is 5.82 Å². The van der Waals surface area contributed by atoms with Crippen molar-refractivity contribution in [3.05, 3.63) is 35.6 Å². The van der Waals surface area contributed by atoms with E-state index in [1.807, 2.05) is 30.6 Å². The summed E-state index contributed by atoms with van der Waals surface area (Å²) in [7, 11) is 0. The lowest BCUT2D eigenvalue weighted by atomic mass is 9.93. The first-order valence-electron chi connectivity index (χ1n) is 9.28. The van der Waals surface area contributed by atoms with Crippen LogP contribution in [0.15, 0.2) is 24.3 Å². The van der Waals surface area contributed by atoms with E-state index in [0.717, 1.165) is 31.5 Å². The molecule has 0 N–H and O–H groups in total. The van der Waals surface area contributed by atoms with Crippen LogP contribution >= 0.6 is 0 Å². The highest BCUT2D eigenvalue weighted by Crippen LogP contribution is 2.24. The van der Waals surface area contributed by atoms with E-state index in [1.54, 1.807) is 12.1 Å². The summed E-state index contributed by atoms with van der Waals surface area (Å²) in [5.41, 5.74) is 0.973. The Hall–Kier alpha value is -1.91. The fourth-order valence-electron chi connectivity index (χ4n) is 3.47. The van der Waals surface area contributed by atoms with E-state index in [4.69, 9.17) is 0 Å². The molecule has 0 aromatic heterocycles. The third kappa shape index (κ3) is 5.03. The van der Waals surface area contributed by atoms with Crippen LogP contribution < -0.4 is 0 Å². The molecule has 2 amide bonds. The third-order valence-corrected chi connectivity index (χ3v) is 5.19. The van der Waals surface area contributed by atoms with Gasteiger partial charge in [-0.15, -0.1) is 0 Å². The first-order valence-corrected chi connectivity index (χ1v) is 9.28. The molecule has 1 saturated heterocycles. The van der Waals surface area contributed by atoms with Gasteiger partial charge in [0.05, 0.1) is 0 Å². The second kappa shape index (κ2) is 8.97. The summed E-state index contributed by atoms with van der Waals surface area (Å²) in [6, 6.07) is 6.34. The smallest absolute Gasteiger partial charge is 0.225 e. The van der Waals surface area contributed by atoms with Gasteiger partial charge in [-0.3, -0.25) is 9.59 Å². The number of likely N-dealkylation sites (tertiary alicyclic amines) is 1. The van der Waals surface area contributed by atoms with E-state index < -0.39 is 0 Å². The van der Waals surface area contributed by atoms with Gasteiger partial charge in [-0.2, -0.15) is 0 Å². The molecule has 0 saturated carbocycles. The summed E-state index contributed by atoms with van der Waals surface area (Å²) in [5, 5.41) is 0. The number of rotatable bonds is 6. The number of piperidine rings is 1. The van der Waals surface area contributed by atoms with Crippen LogP contribution in [0.3, 0.4) is 0 Å². The number of benzene rings is 1. The Morgan fingerprint density at radius 1 is 1.16 bits per heavy atom. The predicted octanol–water partition coefficient (Wildman–Crippen LogP) is 3.43. The van der Waals surface area contributed by atoms with Crippen LogP contribution in [0.5, 0.6) is 0 Å². The molecular weight excluding hydrogens is 319 g/mol. The Morgan fingerprint density at radius 2 is 1.72 bits per heavy atom. The van der Waals surface area contributed by atoms with Crippen molar-refractivity contribution < 1.29 is 14.0 Å². The highest BCUT2D eigenvalue weighted by molar-refractivity contribution is 5.80. The Morgan fingerprint density at radius 3 is 2.24 bits per heavy atom. The molecule has 1 aromatic carbocycles. The minimum atomic E-state index is -0.262. The van der Waals surface area contributed by atoms with Gasteiger partial charge in [0, 0.05) is 38.5 Å². The lowest BCUT2D eigenvalue weighted by Gasteiger charge is -2.34. The van der Waals surface area contributed by atoms with Crippen LogP contribution in [-0.4, -0.2) is 47.8 Å². The van der Waals surface area contributed by atoms with E-state index in [2.05, 4.69) is 0 Å². The van der Waals surface area contributed by atoms with Gasteiger partial charge in [0.25, 0.3) is 0 Å². The number of carbonyl (C=O) groups is 2. The minimum absolute atomic E-state index is 0.0403. The van der Waals surface area contributed by atoms with Gasteiger partial charge >= 0.3 is 0 Å². The standard InChI is InChI=1S/C20H29FN2O2/c1-4-22(5-2)20(25)17-10-12-23(13-11-17)19(24)14-15(3)16-6-8-18(21)9-7-16/h6-9,15,17H,4-5,10-14H2,1-3H3/t15-/m0/s1. The van der Waals surface area contributed by atoms with Crippen LogP contribution in [0, 0.1) is 11.7 Å². The number of nitrogens with zero attached hydrogens (tertiary/aromatic N) is 2. The van der Waals surface area contributed by atoms with Crippen LogP contribution in [-0.2, 0) is 9.59 Å². The van der Waals surface area contributed by atoms with Crippen molar-refractivity contribution in [1.29, 1.82) is 0 Å². The topological polar surface area (TPSA) is 40.6 Å². The second-order valence-electron chi connectivity index (χ2n) is 6.82. The Balaban J connectivity index is 1.84. The zero-order chi connectivity index (χ0) is 18.4. The van der Waals surface area contributed by atoms with E-state index in [1.165, 1.54) is 12.1 Å². The van der Waals surface area contributed by atoms with Crippen molar-refractivity contribution in [2.75, 3.05) is 26.2 Å². The molecule has 1 fully saturated rings. The van der Waals surface area contributed by atoms with Gasteiger partial charge in [0.15, 0.2) is 0 Å². The lowest BCUT2D eigenvalue weighted by molar-refractivity contribution is -0.140. The maximum absolute atomic E-state index is 13.0. The SMILES string of the molecule is CCN(CC)C(=O)C1CCN(C(=O)C[C@H](C)c2ccc(F)cc2)CC1. The van der Waals surface area contributed by atoms with Crippen molar-refractivity contribution in [1.82, 2.24) is 9.80 Å². The molecule has 0 unspecified atom stereocenters. The normalized spacial score (nSPS) is 16.6. The van der Waals surface area contributed by atoms with Gasteiger partial charge in [-0.05, 0) is 50.3 Å². The third-order valence-electron chi connectivity index (χ3n) is 5.19. The summed E-state index contributed by atoms with van der Waals surface area (Å²) in [6.07, 6.45) is 1.90. The van der Waals surface area contributed by atoms with Gasteiger partial charge in [0.2, 0.25) is 11.8 Å². The Labute approximate surface area is 150 Å². The number of hydrogen-bond acceptors (Lipinski definition) is 2. The van der Waals surface area contributed by atoms with Crippen LogP contribution in [0.2, 0.25) is 0 Å². The molecule has 5 heteroatoms. The van der Waals surface area contributed by atoms with Crippen molar-refractivity contribution in [2.45, 2.75) is 46.0 Å². The molecule has 1 heterocycles. The predicted molar refractivity (Wildman–Crippen MR) is 96.7 cm³/mol. The Bertz CT molecular complexity index is 576. The van der Waals surface area contributed by atoms with Crippen LogP contribution in [0.4, 0.5) is 4.39 Å². The van der Waals surface area contributed by atoms with Crippen LogP contribution in [0.25, 0.3) is 0 Å². The molecule has 4 nitrogen and oxygen atoms in total. The summed E-state index contributed by atoms with van der Waals surface area (Å²) in [5.74, 6) is 0.172. The molecule has 0 bridgehead atoms. The zero-order valence-electron chi connectivity index (χ0n) is 15.5. The number of halogens is 1. The quantitative estimate of drug-likeness (QED) is 0.790. The van der Waals surface area contributed by atoms with Crippen LogP contribution in [0.1, 0.15) is 51.5 Å². The van der Waals surface area contributed by atoms with E-state index in [0.29, 0.717) is 19.5 Å². The molecule has 138 valence electrons. The summed E-state index contributed by atoms with van der Waals surface area (Å²) >= 11 is 0. The number of carbonyl (C=O) groups excluding carboxylic acids is 2. The summed E-state index contributed by atoms with van der Waals surface area (Å²) in [6.45, 7) is 8.75. The lowest BCUT2D eigenvalue weighted by Crippen LogP contribution is -2.44. The maximum Gasteiger partial charge on any atom is 0.225 e. The highest BCUT2D eigenvalue weighted by atomic mass is 19.1. The number of amides is 2. The molecule has 0 aliphatic carbocycles. The zero-order valence-corrected chi connectivity index (χ0v) is 15.5. The second-order valence-corrected chi connectivity index (χ2v) is 6.82. The first-order chi connectivity index (χ1) is 12.0. The van der Waals surface area contributed by atoms with Gasteiger partial charge in [-0.1, -0.05) is 19.1 Å². The van der Waals surface area contributed by atoms with Gasteiger partial charge in [-0.25, -0.2) is 4.39 Å². The maximum atomic E-state index is 13.0. The molecule has 1 aromatic rings.